The van der Waals surface area contributed by atoms with Crippen LogP contribution in [0.3, 0.4) is 0 Å². The first kappa shape index (κ1) is 17.4. The highest BCUT2D eigenvalue weighted by Gasteiger charge is 1.95. The highest BCUT2D eigenvalue weighted by Crippen LogP contribution is 2.00. The van der Waals surface area contributed by atoms with E-state index in [4.69, 9.17) is 4.74 Å². The highest BCUT2D eigenvalue weighted by molar-refractivity contribution is 5.81. The van der Waals surface area contributed by atoms with E-state index in [1.165, 1.54) is 6.08 Å². The zero-order valence-electron chi connectivity index (χ0n) is 11.3. The van der Waals surface area contributed by atoms with Gasteiger partial charge in [0.15, 0.2) is 0 Å². The summed E-state index contributed by atoms with van der Waals surface area (Å²) in [6.07, 6.45) is 3.77. The molecule has 1 rings (SSSR count). The van der Waals surface area contributed by atoms with Crippen LogP contribution >= 0.6 is 0 Å². The molecular formula is C16H18O4. The fourth-order valence-electron chi connectivity index (χ4n) is 0.988. The van der Waals surface area contributed by atoms with Crippen LogP contribution in [0.25, 0.3) is 0 Å². The minimum absolute atomic E-state index is 0.255. The van der Waals surface area contributed by atoms with Gasteiger partial charge in [-0.3, -0.25) is 0 Å². The van der Waals surface area contributed by atoms with Gasteiger partial charge in [0.05, 0.1) is 0 Å². The van der Waals surface area contributed by atoms with Crippen molar-refractivity contribution in [1.29, 1.82) is 0 Å². The summed E-state index contributed by atoms with van der Waals surface area (Å²) in [7, 11) is 0. The van der Waals surface area contributed by atoms with Gasteiger partial charge in [0.25, 0.3) is 0 Å². The number of esters is 2. The summed E-state index contributed by atoms with van der Waals surface area (Å²) in [4.78, 5) is 20.8. The molecule has 0 atom stereocenters. The Hall–Kier alpha value is -2.62. The first-order valence-electron chi connectivity index (χ1n) is 5.87. The van der Waals surface area contributed by atoms with Crippen molar-refractivity contribution in [3.8, 4) is 0 Å². The van der Waals surface area contributed by atoms with Gasteiger partial charge >= 0.3 is 11.9 Å². The minimum Gasteiger partial charge on any atom is -0.458 e. The van der Waals surface area contributed by atoms with E-state index in [2.05, 4.69) is 24.5 Å². The summed E-state index contributed by atoms with van der Waals surface area (Å²) >= 11 is 0. The van der Waals surface area contributed by atoms with Gasteiger partial charge in [-0.1, -0.05) is 56.1 Å². The van der Waals surface area contributed by atoms with Crippen molar-refractivity contribution in [3.05, 3.63) is 73.9 Å². The van der Waals surface area contributed by atoms with Gasteiger partial charge in [-0.25, -0.2) is 9.59 Å². The Morgan fingerprint density at radius 2 is 1.50 bits per heavy atom. The van der Waals surface area contributed by atoms with Gasteiger partial charge in [-0.15, -0.1) is 0 Å². The molecule has 0 saturated carbocycles. The molecule has 0 saturated heterocycles. The van der Waals surface area contributed by atoms with Crippen LogP contribution in [0.4, 0.5) is 0 Å². The predicted octanol–water partition coefficient (Wildman–Crippen LogP) is 2.82. The average Bonchev–Trinajstić information content (AvgIpc) is 2.51. The van der Waals surface area contributed by atoms with Crippen LogP contribution in [-0.4, -0.2) is 18.5 Å². The van der Waals surface area contributed by atoms with E-state index >= 15 is 0 Å². The van der Waals surface area contributed by atoms with E-state index in [0.717, 1.165) is 17.7 Å². The molecule has 20 heavy (non-hydrogen) atoms. The van der Waals surface area contributed by atoms with Crippen LogP contribution in [0.5, 0.6) is 0 Å². The summed E-state index contributed by atoms with van der Waals surface area (Å²) in [6, 6.07) is 9.51. The Bertz CT molecular complexity index is 449. The molecular weight excluding hydrogens is 256 g/mol. The number of carbonyl (C=O) groups is 2. The molecule has 0 fully saturated rings. The van der Waals surface area contributed by atoms with Crippen molar-refractivity contribution < 1.29 is 19.1 Å². The largest absolute Gasteiger partial charge is 0.458 e. The van der Waals surface area contributed by atoms with Crippen LogP contribution in [0, 0.1) is 0 Å². The van der Waals surface area contributed by atoms with Crippen LogP contribution in [0.2, 0.25) is 0 Å². The van der Waals surface area contributed by atoms with Crippen molar-refractivity contribution in [2.75, 3.05) is 6.61 Å². The molecule has 106 valence electrons. The Kier molecular flexibility index (Phi) is 9.97. The fourth-order valence-corrected chi connectivity index (χ4v) is 0.988. The lowest BCUT2D eigenvalue weighted by Gasteiger charge is -2.00. The Morgan fingerprint density at radius 3 is 2.00 bits per heavy atom. The number of hydrogen-bond acceptors (Lipinski definition) is 4. The van der Waals surface area contributed by atoms with Crippen LogP contribution < -0.4 is 0 Å². The third kappa shape index (κ3) is 9.41. The number of ether oxygens (including phenoxy) is 2. The van der Waals surface area contributed by atoms with E-state index in [0.29, 0.717) is 6.61 Å². The normalized spacial score (nSPS) is 8.40. The number of carbonyl (C=O) groups excluding carboxylic acids is 2. The monoisotopic (exact) mass is 274 g/mol. The van der Waals surface area contributed by atoms with Crippen molar-refractivity contribution in [2.24, 2.45) is 0 Å². The van der Waals surface area contributed by atoms with Crippen LogP contribution in [-0.2, 0) is 25.7 Å². The lowest BCUT2D eigenvalue weighted by Crippen LogP contribution is -1.99. The molecule has 0 heterocycles. The van der Waals surface area contributed by atoms with Gasteiger partial charge < -0.3 is 9.47 Å². The molecule has 1 aromatic carbocycles. The third-order valence-electron chi connectivity index (χ3n) is 1.90. The second-order valence-electron chi connectivity index (χ2n) is 3.42. The summed E-state index contributed by atoms with van der Waals surface area (Å²) in [5, 5.41) is 0. The molecule has 0 amide bonds. The molecule has 0 unspecified atom stereocenters. The average molecular weight is 274 g/mol. The van der Waals surface area contributed by atoms with Crippen molar-refractivity contribution in [3.63, 3.8) is 0 Å². The highest BCUT2D eigenvalue weighted by atomic mass is 16.5. The van der Waals surface area contributed by atoms with Gasteiger partial charge in [-0.05, 0) is 5.56 Å². The van der Waals surface area contributed by atoms with E-state index in [1.54, 1.807) is 0 Å². The zero-order chi connectivity index (χ0) is 15.2. The summed E-state index contributed by atoms with van der Waals surface area (Å²) in [5.41, 5.74) is 0.979. The second-order valence-corrected chi connectivity index (χ2v) is 3.42. The van der Waals surface area contributed by atoms with Gasteiger partial charge in [0, 0.05) is 12.2 Å². The van der Waals surface area contributed by atoms with Gasteiger partial charge in [0.1, 0.15) is 13.2 Å². The number of benzene rings is 1. The number of rotatable bonds is 6. The first-order chi connectivity index (χ1) is 9.63. The zero-order valence-corrected chi connectivity index (χ0v) is 11.3. The van der Waals surface area contributed by atoms with Crippen molar-refractivity contribution >= 4 is 11.9 Å². The Labute approximate surface area is 119 Å². The molecule has 0 radical (unpaired) electrons. The van der Waals surface area contributed by atoms with E-state index in [-0.39, 0.29) is 12.6 Å². The lowest BCUT2D eigenvalue weighted by molar-refractivity contribution is -0.139. The molecule has 0 spiro atoms. The number of hydrogen-bond donors (Lipinski definition) is 0. The molecule has 1 aromatic rings. The summed E-state index contributed by atoms with van der Waals surface area (Å²) in [5.74, 6) is -0.802. The quantitative estimate of drug-likeness (QED) is 0.455. The van der Waals surface area contributed by atoms with E-state index in [1.807, 2.05) is 30.3 Å². The molecule has 0 aliphatic rings. The van der Waals surface area contributed by atoms with Crippen molar-refractivity contribution in [2.45, 2.75) is 6.61 Å². The summed E-state index contributed by atoms with van der Waals surface area (Å²) in [6.45, 7) is 10.4. The molecule has 0 aromatic heterocycles. The summed E-state index contributed by atoms with van der Waals surface area (Å²) < 4.78 is 9.29. The van der Waals surface area contributed by atoms with Crippen LogP contribution in [0.15, 0.2) is 68.3 Å². The van der Waals surface area contributed by atoms with Gasteiger partial charge in [-0.2, -0.15) is 0 Å². The molecule has 4 nitrogen and oxygen atoms in total. The minimum atomic E-state index is -0.412. The molecule has 4 heteroatoms. The smallest absolute Gasteiger partial charge is 0.330 e. The van der Waals surface area contributed by atoms with E-state index < -0.39 is 5.97 Å². The standard InChI is InChI=1S/C10H10O2.C6H8O2/c1-2-10(11)12-8-9-6-4-3-5-7-9;1-3-5-8-6(7)4-2/h2-7H,1,8H2;3-4H,1-2,5H2. The maximum absolute atomic E-state index is 10.6. The van der Waals surface area contributed by atoms with E-state index in [9.17, 15) is 9.59 Å². The Balaban J connectivity index is 0.000000396. The maximum Gasteiger partial charge on any atom is 0.330 e. The predicted molar refractivity (Wildman–Crippen MR) is 77.8 cm³/mol. The third-order valence-corrected chi connectivity index (χ3v) is 1.90. The maximum atomic E-state index is 10.6. The first-order valence-corrected chi connectivity index (χ1v) is 5.87. The molecule has 0 aliphatic heterocycles. The SMILES string of the molecule is C=CC(=O)OCc1ccccc1.C=CCOC(=O)C=C. The van der Waals surface area contributed by atoms with Gasteiger partial charge in [0.2, 0.25) is 0 Å². The molecule has 0 aliphatic carbocycles. The Morgan fingerprint density at radius 1 is 0.950 bits per heavy atom. The van der Waals surface area contributed by atoms with Crippen LogP contribution in [0.1, 0.15) is 5.56 Å². The van der Waals surface area contributed by atoms with Crippen molar-refractivity contribution in [1.82, 2.24) is 0 Å². The topological polar surface area (TPSA) is 52.6 Å². The lowest BCUT2D eigenvalue weighted by atomic mass is 10.2. The second kappa shape index (κ2) is 11.5. The molecule has 0 bridgehead atoms. The molecule has 0 N–H and O–H groups in total. The fraction of sp³-hybridized carbons (Fsp3) is 0.125.